The molecule has 0 radical (unpaired) electrons. The SMILES string of the molecule is Cc1cc(C)c(-c2c3nc(cc4ccc([nH]4)c(-c4ccc(CC(=O)O)cc4)c4ccc(cc5nc2C=C5)[nH]4)C=C3)c(C)c1. The quantitative estimate of drug-likeness (QED) is 0.200. The van der Waals surface area contributed by atoms with Gasteiger partial charge in [0, 0.05) is 33.2 Å². The summed E-state index contributed by atoms with van der Waals surface area (Å²) in [6.45, 7) is 6.44. The van der Waals surface area contributed by atoms with Gasteiger partial charge in [0.05, 0.1) is 29.2 Å². The van der Waals surface area contributed by atoms with Gasteiger partial charge < -0.3 is 15.1 Å². The fraction of sp³-hybridized carbons (Fsp3) is 0.108. The highest BCUT2D eigenvalue weighted by molar-refractivity contribution is 5.95. The normalized spacial score (nSPS) is 12.2. The van der Waals surface area contributed by atoms with E-state index in [-0.39, 0.29) is 6.42 Å². The summed E-state index contributed by atoms with van der Waals surface area (Å²) in [7, 11) is 0. The van der Waals surface area contributed by atoms with Gasteiger partial charge in [-0.2, -0.15) is 0 Å². The molecule has 3 N–H and O–H groups in total. The van der Waals surface area contributed by atoms with Gasteiger partial charge in [0.25, 0.3) is 0 Å². The lowest BCUT2D eigenvalue weighted by molar-refractivity contribution is -0.136. The largest absolute Gasteiger partial charge is 0.481 e. The molecule has 0 fully saturated rings. The first-order chi connectivity index (χ1) is 20.8. The average Bonchev–Trinajstić information content (AvgIpc) is 3.77. The highest BCUT2D eigenvalue weighted by atomic mass is 16.4. The number of nitrogens with one attached hydrogen (secondary N) is 2. The number of carboxylic acid groups (broad SMARTS) is 1. The van der Waals surface area contributed by atoms with Crippen LogP contribution in [0.5, 0.6) is 0 Å². The first-order valence-corrected chi connectivity index (χ1v) is 14.3. The van der Waals surface area contributed by atoms with Crippen molar-refractivity contribution in [1.29, 1.82) is 0 Å². The van der Waals surface area contributed by atoms with Gasteiger partial charge in [0.15, 0.2) is 0 Å². The van der Waals surface area contributed by atoms with Crippen LogP contribution < -0.4 is 0 Å². The molecule has 0 aliphatic carbocycles. The summed E-state index contributed by atoms with van der Waals surface area (Å²) in [5.74, 6) is -0.846. The number of nitrogens with zero attached hydrogens (tertiary/aromatic N) is 2. The van der Waals surface area contributed by atoms with E-state index < -0.39 is 5.97 Å². The fourth-order valence-electron chi connectivity index (χ4n) is 6.18. The first kappa shape index (κ1) is 26.4. The van der Waals surface area contributed by atoms with Gasteiger partial charge in [-0.1, -0.05) is 42.0 Å². The molecule has 5 heterocycles. The second-order valence-corrected chi connectivity index (χ2v) is 11.2. The number of H-pyrrole nitrogens is 2. The Morgan fingerprint density at radius 2 is 1.19 bits per heavy atom. The smallest absolute Gasteiger partial charge is 0.307 e. The van der Waals surface area contributed by atoms with E-state index in [2.05, 4.69) is 91.4 Å². The summed E-state index contributed by atoms with van der Waals surface area (Å²) in [5, 5.41) is 9.21. The zero-order valence-electron chi connectivity index (χ0n) is 24.2. The van der Waals surface area contributed by atoms with Crippen molar-refractivity contribution in [3.8, 4) is 22.3 Å². The minimum atomic E-state index is -0.846. The topological polar surface area (TPSA) is 94.7 Å². The highest BCUT2D eigenvalue weighted by Crippen LogP contribution is 2.36. The van der Waals surface area contributed by atoms with Gasteiger partial charge in [0.2, 0.25) is 0 Å². The van der Waals surface area contributed by atoms with E-state index in [4.69, 9.17) is 9.97 Å². The van der Waals surface area contributed by atoms with Crippen LogP contribution in [0.3, 0.4) is 0 Å². The monoisotopic (exact) mass is 562 g/mol. The van der Waals surface area contributed by atoms with E-state index in [0.717, 1.165) is 67.1 Å². The van der Waals surface area contributed by atoms with Gasteiger partial charge in [0.1, 0.15) is 0 Å². The van der Waals surface area contributed by atoms with Crippen molar-refractivity contribution in [3.05, 3.63) is 118 Å². The Balaban J connectivity index is 1.51. The molecule has 7 rings (SSSR count). The molecule has 2 aromatic carbocycles. The van der Waals surface area contributed by atoms with E-state index >= 15 is 0 Å². The molecule has 3 aromatic heterocycles. The van der Waals surface area contributed by atoms with E-state index in [1.807, 2.05) is 36.4 Å². The molecule has 6 heteroatoms. The fourth-order valence-corrected chi connectivity index (χ4v) is 6.18. The molecular weight excluding hydrogens is 532 g/mol. The number of carboxylic acids is 1. The van der Waals surface area contributed by atoms with Gasteiger partial charge in [-0.25, -0.2) is 9.97 Å². The number of carbonyl (C=O) groups is 1. The maximum absolute atomic E-state index is 11.2. The molecule has 0 saturated carbocycles. The van der Waals surface area contributed by atoms with Crippen molar-refractivity contribution in [1.82, 2.24) is 19.9 Å². The molecule has 0 unspecified atom stereocenters. The average molecular weight is 563 g/mol. The molecule has 8 bridgehead atoms. The van der Waals surface area contributed by atoms with Crippen LogP contribution in [0.4, 0.5) is 0 Å². The van der Waals surface area contributed by atoms with Crippen molar-refractivity contribution in [2.45, 2.75) is 27.2 Å². The Morgan fingerprint density at radius 3 is 1.70 bits per heavy atom. The summed E-state index contributed by atoms with van der Waals surface area (Å²) in [6.07, 6.45) is 8.24. The van der Waals surface area contributed by atoms with E-state index in [9.17, 15) is 9.90 Å². The van der Waals surface area contributed by atoms with E-state index in [1.54, 1.807) is 0 Å². The van der Waals surface area contributed by atoms with Crippen LogP contribution in [0.15, 0.2) is 72.8 Å². The molecule has 43 heavy (non-hydrogen) atoms. The van der Waals surface area contributed by atoms with Crippen LogP contribution in [-0.4, -0.2) is 31.0 Å². The van der Waals surface area contributed by atoms with Crippen LogP contribution in [0.25, 0.3) is 68.6 Å². The highest BCUT2D eigenvalue weighted by Gasteiger charge is 2.18. The summed E-state index contributed by atoms with van der Waals surface area (Å²) >= 11 is 0. The summed E-state index contributed by atoms with van der Waals surface area (Å²) in [6, 6.07) is 24.5. The van der Waals surface area contributed by atoms with Gasteiger partial charge >= 0.3 is 5.97 Å². The Hall–Kier alpha value is -5.49. The molecule has 210 valence electrons. The summed E-state index contributed by atoms with van der Waals surface area (Å²) in [4.78, 5) is 28.5. The van der Waals surface area contributed by atoms with Crippen LogP contribution in [-0.2, 0) is 11.2 Å². The Morgan fingerprint density at radius 1 is 0.651 bits per heavy atom. The lowest BCUT2D eigenvalue weighted by atomic mass is 9.92. The van der Waals surface area contributed by atoms with Gasteiger partial charge in [-0.3, -0.25) is 4.79 Å². The molecule has 5 aromatic rings. The molecule has 2 aliphatic rings. The maximum Gasteiger partial charge on any atom is 0.307 e. The lowest BCUT2D eigenvalue weighted by Gasteiger charge is -2.13. The number of aromatic nitrogens is 4. The molecule has 2 aliphatic heterocycles. The van der Waals surface area contributed by atoms with Gasteiger partial charge in [-0.05, 0) is 109 Å². The predicted molar refractivity (Wildman–Crippen MR) is 175 cm³/mol. The third-order valence-electron chi connectivity index (χ3n) is 7.92. The number of fused-ring (bicyclic) bond motifs is 8. The Labute approximate surface area is 249 Å². The number of rotatable bonds is 4. The molecule has 0 saturated heterocycles. The Bertz CT molecular complexity index is 2040. The van der Waals surface area contributed by atoms with Crippen LogP contribution in [0, 0.1) is 20.8 Å². The number of aryl methyl sites for hydroxylation is 3. The molecule has 0 spiro atoms. The van der Waals surface area contributed by atoms with Crippen LogP contribution in [0.1, 0.15) is 45.0 Å². The third kappa shape index (κ3) is 5.08. The minimum Gasteiger partial charge on any atom is -0.481 e. The van der Waals surface area contributed by atoms with Crippen LogP contribution >= 0.6 is 0 Å². The van der Waals surface area contributed by atoms with Crippen molar-refractivity contribution in [2.24, 2.45) is 0 Å². The second kappa shape index (κ2) is 10.4. The van der Waals surface area contributed by atoms with Crippen molar-refractivity contribution in [2.75, 3.05) is 0 Å². The molecule has 0 amide bonds. The lowest BCUT2D eigenvalue weighted by Crippen LogP contribution is -1.99. The first-order valence-electron chi connectivity index (χ1n) is 14.3. The number of aliphatic carboxylic acids is 1. The minimum absolute atomic E-state index is 0.00963. The van der Waals surface area contributed by atoms with Crippen LogP contribution in [0.2, 0.25) is 0 Å². The number of hydrogen-bond donors (Lipinski definition) is 3. The van der Waals surface area contributed by atoms with Crippen molar-refractivity contribution >= 4 is 52.3 Å². The van der Waals surface area contributed by atoms with Crippen molar-refractivity contribution < 1.29 is 9.90 Å². The van der Waals surface area contributed by atoms with Crippen molar-refractivity contribution in [3.63, 3.8) is 0 Å². The van der Waals surface area contributed by atoms with E-state index in [0.29, 0.717) is 0 Å². The van der Waals surface area contributed by atoms with Gasteiger partial charge in [-0.15, -0.1) is 0 Å². The molecule has 0 atom stereocenters. The maximum atomic E-state index is 11.2. The van der Waals surface area contributed by atoms with E-state index in [1.165, 1.54) is 22.3 Å². The Kier molecular flexibility index (Phi) is 6.39. The number of hydrogen-bond acceptors (Lipinski definition) is 3. The zero-order chi connectivity index (χ0) is 29.7. The third-order valence-corrected chi connectivity index (χ3v) is 7.92. The predicted octanol–water partition coefficient (Wildman–Crippen LogP) is 8.54. The molecular formula is C37H30N4O2. The number of benzene rings is 2. The molecule has 6 nitrogen and oxygen atoms in total. The summed E-state index contributed by atoms with van der Waals surface area (Å²) in [5.41, 5.74) is 15.8. The standard InChI is InChI=1S/C37H30N4O2/c1-21-16-22(2)35(23(3)17-21)37-32-14-10-28(40-32)19-26-8-12-30(38-26)36(25-6-4-24(5-7-25)18-34(42)43)31-13-9-27(39-31)20-29-11-15-33(37)41-29/h4-17,19-20,38-39H,18H2,1-3H3,(H,42,43). The number of aromatic amines is 2. The second-order valence-electron chi connectivity index (χ2n) is 11.2. The zero-order valence-corrected chi connectivity index (χ0v) is 24.2. The summed E-state index contributed by atoms with van der Waals surface area (Å²) < 4.78 is 0.